The van der Waals surface area contributed by atoms with Crippen LogP contribution in [0.3, 0.4) is 0 Å². The van der Waals surface area contributed by atoms with E-state index in [0.29, 0.717) is 24.0 Å². The van der Waals surface area contributed by atoms with Crippen LogP contribution in [0.2, 0.25) is 0 Å². The first-order valence-corrected chi connectivity index (χ1v) is 10.3. The van der Waals surface area contributed by atoms with E-state index in [2.05, 4.69) is 15.9 Å². The maximum atomic E-state index is 12.8. The van der Waals surface area contributed by atoms with Crippen LogP contribution in [0.5, 0.6) is 5.75 Å². The summed E-state index contributed by atoms with van der Waals surface area (Å²) in [5.74, 6) is -1.23. The zero-order chi connectivity index (χ0) is 21.3. The number of ether oxygens (including phenoxy) is 1. The van der Waals surface area contributed by atoms with Gasteiger partial charge < -0.3 is 14.7 Å². The Morgan fingerprint density at radius 2 is 1.53 bits per heavy atom. The standard InChI is InChI=1S/C24H22BrNO4/c25-20-11-12-22(27)21(15-20)24(29)30-17-23(28)26(16-19-9-5-2-6-10-19)14-13-18-7-3-1-4-8-18/h1-12,15,27H,13-14,16-17H2. The molecule has 1 N–H and O–H groups in total. The second-order valence-corrected chi connectivity index (χ2v) is 7.69. The third-order valence-corrected chi connectivity index (χ3v) is 5.08. The first kappa shape index (κ1) is 21.6. The van der Waals surface area contributed by atoms with Crippen LogP contribution in [-0.2, 0) is 22.5 Å². The van der Waals surface area contributed by atoms with Gasteiger partial charge >= 0.3 is 5.97 Å². The first-order valence-electron chi connectivity index (χ1n) is 9.54. The lowest BCUT2D eigenvalue weighted by molar-refractivity contribution is -0.135. The van der Waals surface area contributed by atoms with Crippen molar-refractivity contribution in [2.75, 3.05) is 13.2 Å². The molecule has 30 heavy (non-hydrogen) atoms. The lowest BCUT2D eigenvalue weighted by Gasteiger charge is -2.23. The molecule has 6 heteroatoms. The van der Waals surface area contributed by atoms with Gasteiger partial charge in [-0.15, -0.1) is 0 Å². The van der Waals surface area contributed by atoms with Crippen LogP contribution in [-0.4, -0.2) is 35.0 Å². The molecule has 0 saturated carbocycles. The highest BCUT2D eigenvalue weighted by Crippen LogP contribution is 2.22. The summed E-state index contributed by atoms with van der Waals surface area (Å²) < 4.78 is 5.82. The van der Waals surface area contributed by atoms with Crippen molar-refractivity contribution in [2.24, 2.45) is 0 Å². The minimum atomic E-state index is -0.745. The Balaban J connectivity index is 1.66. The molecule has 0 heterocycles. The smallest absolute Gasteiger partial charge is 0.342 e. The summed E-state index contributed by atoms with van der Waals surface area (Å²) in [5, 5.41) is 9.87. The predicted octanol–water partition coefficient (Wildman–Crippen LogP) is 4.58. The van der Waals surface area contributed by atoms with Crippen molar-refractivity contribution < 1.29 is 19.4 Å². The van der Waals surface area contributed by atoms with Crippen molar-refractivity contribution in [1.29, 1.82) is 0 Å². The van der Waals surface area contributed by atoms with Crippen LogP contribution in [0, 0.1) is 0 Å². The van der Waals surface area contributed by atoms with Crippen molar-refractivity contribution in [3.63, 3.8) is 0 Å². The van der Waals surface area contributed by atoms with Gasteiger partial charge in [0.25, 0.3) is 5.91 Å². The van der Waals surface area contributed by atoms with Crippen LogP contribution in [0.4, 0.5) is 0 Å². The molecule has 0 spiro atoms. The maximum Gasteiger partial charge on any atom is 0.342 e. The largest absolute Gasteiger partial charge is 0.507 e. The molecular weight excluding hydrogens is 446 g/mol. The van der Waals surface area contributed by atoms with Crippen molar-refractivity contribution in [2.45, 2.75) is 13.0 Å². The quantitative estimate of drug-likeness (QED) is 0.492. The van der Waals surface area contributed by atoms with Gasteiger partial charge in [0.2, 0.25) is 0 Å². The number of carbonyl (C=O) groups excluding carboxylic acids is 2. The number of phenols is 1. The van der Waals surface area contributed by atoms with Gasteiger partial charge in [0, 0.05) is 17.6 Å². The normalized spacial score (nSPS) is 10.4. The van der Waals surface area contributed by atoms with E-state index >= 15 is 0 Å². The molecule has 0 aliphatic carbocycles. The fourth-order valence-electron chi connectivity index (χ4n) is 2.97. The second-order valence-electron chi connectivity index (χ2n) is 6.77. The van der Waals surface area contributed by atoms with Crippen LogP contribution < -0.4 is 0 Å². The monoisotopic (exact) mass is 467 g/mol. The highest BCUT2D eigenvalue weighted by atomic mass is 79.9. The molecule has 1 amide bonds. The molecule has 0 bridgehead atoms. The number of halogens is 1. The summed E-state index contributed by atoms with van der Waals surface area (Å²) in [4.78, 5) is 26.8. The van der Waals surface area contributed by atoms with E-state index in [1.54, 1.807) is 11.0 Å². The number of esters is 1. The Hall–Kier alpha value is -3.12. The Bertz CT molecular complexity index is 993. The number of nitrogens with zero attached hydrogens (tertiary/aromatic N) is 1. The molecular formula is C24H22BrNO4. The van der Waals surface area contributed by atoms with Crippen molar-refractivity contribution in [1.82, 2.24) is 4.90 Å². The number of aromatic hydroxyl groups is 1. The average molecular weight is 468 g/mol. The molecule has 0 fully saturated rings. The van der Waals surface area contributed by atoms with E-state index in [1.807, 2.05) is 60.7 Å². The minimum absolute atomic E-state index is 0.0102. The molecule has 0 unspecified atom stereocenters. The number of carbonyl (C=O) groups is 2. The Kier molecular flexibility index (Phi) is 7.63. The molecule has 0 atom stereocenters. The molecule has 154 valence electrons. The maximum absolute atomic E-state index is 12.8. The number of rotatable bonds is 8. The van der Waals surface area contributed by atoms with Gasteiger partial charge in [0.15, 0.2) is 6.61 Å². The van der Waals surface area contributed by atoms with Crippen molar-refractivity contribution in [3.05, 3.63) is 100 Å². The Morgan fingerprint density at radius 1 is 0.900 bits per heavy atom. The van der Waals surface area contributed by atoms with E-state index in [1.165, 1.54) is 12.1 Å². The topological polar surface area (TPSA) is 66.8 Å². The van der Waals surface area contributed by atoms with E-state index in [4.69, 9.17) is 4.74 Å². The van der Waals surface area contributed by atoms with Crippen LogP contribution in [0.15, 0.2) is 83.3 Å². The van der Waals surface area contributed by atoms with Crippen molar-refractivity contribution in [3.8, 4) is 5.75 Å². The third-order valence-electron chi connectivity index (χ3n) is 4.59. The SMILES string of the molecule is O=C(OCC(=O)N(CCc1ccccc1)Cc1ccccc1)c1cc(Br)ccc1O. The summed E-state index contributed by atoms with van der Waals surface area (Å²) in [7, 11) is 0. The molecule has 3 aromatic carbocycles. The van der Waals surface area contributed by atoms with E-state index in [9.17, 15) is 14.7 Å². The van der Waals surface area contributed by atoms with Crippen molar-refractivity contribution >= 4 is 27.8 Å². The molecule has 0 radical (unpaired) electrons. The van der Waals surface area contributed by atoms with Gasteiger partial charge in [0.05, 0.1) is 0 Å². The van der Waals surface area contributed by atoms with E-state index in [0.717, 1.165) is 11.1 Å². The second kappa shape index (κ2) is 10.6. The lowest BCUT2D eigenvalue weighted by Crippen LogP contribution is -2.35. The third kappa shape index (κ3) is 6.19. The first-order chi connectivity index (χ1) is 14.5. The summed E-state index contributed by atoms with van der Waals surface area (Å²) in [6.45, 7) is 0.524. The van der Waals surface area contributed by atoms with Crippen LogP contribution in [0.25, 0.3) is 0 Å². The highest BCUT2D eigenvalue weighted by molar-refractivity contribution is 9.10. The van der Waals surface area contributed by atoms with Gasteiger partial charge in [-0.1, -0.05) is 76.6 Å². The summed E-state index contributed by atoms with van der Waals surface area (Å²) in [5.41, 5.74) is 2.13. The fraction of sp³-hybridized carbons (Fsp3) is 0.167. The van der Waals surface area contributed by atoms with Gasteiger partial charge in [0.1, 0.15) is 11.3 Å². The molecule has 0 saturated heterocycles. The van der Waals surface area contributed by atoms with Gasteiger partial charge in [-0.25, -0.2) is 4.79 Å². The van der Waals surface area contributed by atoms with Gasteiger partial charge in [-0.3, -0.25) is 4.79 Å². The number of amides is 1. The molecule has 0 aliphatic rings. The average Bonchev–Trinajstić information content (AvgIpc) is 2.77. The predicted molar refractivity (Wildman–Crippen MR) is 118 cm³/mol. The summed E-state index contributed by atoms with van der Waals surface area (Å²) >= 11 is 3.25. The molecule has 5 nitrogen and oxygen atoms in total. The molecule has 3 aromatic rings. The van der Waals surface area contributed by atoms with E-state index < -0.39 is 12.6 Å². The Labute approximate surface area is 184 Å². The highest BCUT2D eigenvalue weighted by Gasteiger charge is 2.19. The zero-order valence-corrected chi connectivity index (χ0v) is 17.9. The fourth-order valence-corrected chi connectivity index (χ4v) is 3.33. The summed E-state index contributed by atoms with van der Waals surface area (Å²) in [6.07, 6.45) is 0.694. The zero-order valence-electron chi connectivity index (χ0n) is 16.3. The summed E-state index contributed by atoms with van der Waals surface area (Å²) in [6, 6.07) is 24.0. The number of phenolic OH excluding ortho intramolecular Hbond substituents is 1. The molecule has 0 aliphatic heterocycles. The van der Waals surface area contributed by atoms with Gasteiger partial charge in [-0.2, -0.15) is 0 Å². The van der Waals surface area contributed by atoms with E-state index in [-0.39, 0.29) is 17.2 Å². The van der Waals surface area contributed by atoms with Crippen LogP contribution in [0.1, 0.15) is 21.5 Å². The Morgan fingerprint density at radius 3 is 2.20 bits per heavy atom. The van der Waals surface area contributed by atoms with Gasteiger partial charge in [-0.05, 0) is 35.7 Å². The molecule has 0 aromatic heterocycles. The number of hydrogen-bond acceptors (Lipinski definition) is 4. The number of hydrogen-bond donors (Lipinski definition) is 1. The minimum Gasteiger partial charge on any atom is -0.507 e. The lowest BCUT2D eigenvalue weighted by atomic mass is 10.1. The number of benzene rings is 3. The molecule has 3 rings (SSSR count). The van der Waals surface area contributed by atoms with Crippen LogP contribution >= 0.6 is 15.9 Å².